The van der Waals surface area contributed by atoms with Gasteiger partial charge in [0, 0.05) is 37.6 Å². The minimum atomic E-state index is -2.98. The molecule has 0 aliphatic carbocycles. The van der Waals surface area contributed by atoms with Gasteiger partial charge < -0.3 is 9.64 Å². The number of pyridine rings is 4. The molecule has 5 rings (SSSR count). The van der Waals surface area contributed by atoms with Crippen molar-refractivity contribution in [3.05, 3.63) is 98.1 Å². The Morgan fingerprint density at radius 3 is 2.65 bits per heavy atom. The van der Waals surface area contributed by atoms with Crippen LogP contribution in [0.15, 0.2) is 47.7 Å². The summed E-state index contributed by atoms with van der Waals surface area (Å²) in [5, 5.41) is -0.495. The maximum absolute atomic E-state index is 14.6. The van der Waals surface area contributed by atoms with E-state index in [0.29, 0.717) is 41.4 Å². The molecule has 1 aliphatic heterocycles. The normalized spacial score (nSPS) is 14.9. The van der Waals surface area contributed by atoms with Gasteiger partial charge in [0.2, 0.25) is 5.91 Å². The molecule has 0 bridgehead atoms. The van der Waals surface area contributed by atoms with Crippen molar-refractivity contribution in [1.29, 1.82) is 0 Å². The lowest BCUT2D eigenvalue weighted by atomic mass is 9.98. The van der Waals surface area contributed by atoms with Gasteiger partial charge in [-0.3, -0.25) is 24.1 Å². The number of amides is 1. The summed E-state index contributed by atoms with van der Waals surface area (Å²) in [5.74, 6) is -2.81. The van der Waals surface area contributed by atoms with E-state index >= 15 is 0 Å². The fraction of sp³-hybridized carbons (Fsp3) is 0.276. The van der Waals surface area contributed by atoms with Crippen LogP contribution in [-0.4, -0.2) is 30.3 Å². The summed E-state index contributed by atoms with van der Waals surface area (Å²) in [6.45, 7) is 5.95. The Balaban J connectivity index is 1.79. The number of fused-ring (bicyclic) bond motifs is 1. The van der Waals surface area contributed by atoms with Gasteiger partial charge in [0.1, 0.15) is 23.1 Å². The lowest BCUT2D eigenvalue weighted by molar-refractivity contribution is -0.134. The highest BCUT2D eigenvalue weighted by atomic mass is 35.5. The lowest BCUT2D eigenvalue weighted by Gasteiger charge is -2.30. The molecule has 0 N–H and O–H groups in total. The van der Waals surface area contributed by atoms with Gasteiger partial charge in [-0.25, -0.2) is 13.8 Å². The highest BCUT2D eigenvalue weighted by molar-refractivity contribution is 6.32. The molecule has 11 heteroatoms. The molecule has 8 nitrogen and oxygen atoms in total. The number of carbonyl (C=O) groups excluding carboxylic acids is 1. The van der Waals surface area contributed by atoms with Crippen LogP contribution in [-0.2, 0) is 23.4 Å². The van der Waals surface area contributed by atoms with E-state index in [2.05, 4.69) is 9.97 Å². The second-order valence-electron chi connectivity index (χ2n) is 9.96. The second kappa shape index (κ2) is 10.1. The zero-order valence-corrected chi connectivity index (χ0v) is 23.1. The monoisotopic (exact) mass is 567 g/mol. The van der Waals surface area contributed by atoms with Gasteiger partial charge in [0.25, 0.3) is 5.56 Å². The van der Waals surface area contributed by atoms with Crippen LogP contribution >= 0.6 is 11.6 Å². The molecule has 40 heavy (non-hydrogen) atoms. The number of aryl methyl sites for hydroxylation is 1. The third-order valence-corrected chi connectivity index (χ3v) is 7.33. The summed E-state index contributed by atoms with van der Waals surface area (Å²) in [7, 11) is 0. The number of aromatic nitrogens is 4. The van der Waals surface area contributed by atoms with Crippen LogP contribution in [0, 0.1) is 25.5 Å². The molecule has 0 fully saturated rings. The van der Waals surface area contributed by atoms with Crippen molar-refractivity contribution in [3.8, 4) is 22.7 Å². The average molecular weight is 568 g/mol. The van der Waals surface area contributed by atoms with Crippen LogP contribution < -0.4 is 10.3 Å². The molecule has 0 atom stereocenters. The summed E-state index contributed by atoms with van der Waals surface area (Å²) >= 11 is 6.63. The lowest BCUT2D eigenvalue weighted by Crippen LogP contribution is -2.39. The Kier molecular flexibility index (Phi) is 6.27. The summed E-state index contributed by atoms with van der Waals surface area (Å²) in [5.41, 5.74) is 0.929. The highest BCUT2D eigenvalue weighted by Crippen LogP contribution is 2.42. The number of hydrogen-bond donors (Lipinski definition) is 0. The minimum absolute atomic E-state index is 0.133. The van der Waals surface area contributed by atoms with E-state index in [0.717, 1.165) is 5.56 Å². The molecule has 0 saturated heterocycles. The van der Waals surface area contributed by atoms with E-state index in [1.807, 2.05) is 13.8 Å². The molecule has 0 radical (unpaired) electrons. The SMILES string of the molecule is [2H]C([2H])(Oc1c(-c2ccc3c(n2)C(C)(C)N(C(C)=O)C3)c(C)n(-c2ccncc2C)c(=O)c1Cl)c1ncc(F)cc1F. The van der Waals surface area contributed by atoms with Crippen LogP contribution in [0.1, 0.15) is 51.7 Å². The standard InChI is InChI=1S/C29H26ClF2N5O3/c1-15-11-33-9-8-23(15)37-16(2)24(21-7-6-18-13-36(17(3)38)29(4,5)27(18)35-21)26(25(30)28(37)39)40-14-22-20(32)10-19(31)12-34-22/h6-12H,13-14H2,1-5H3/i14D2. The van der Waals surface area contributed by atoms with Crippen molar-refractivity contribution in [1.82, 2.24) is 24.4 Å². The Morgan fingerprint density at radius 1 is 1.23 bits per heavy atom. The third-order valence-electron chi connectivity index (χ3n) is 7.00. The smallest absolute Gasteiger partial charge is 0.277 e. The molecule has 206 valence electrons. The fourth-order valence-corrected chi connectivity index (χ4v) is 5.23. The van der Waals surface area contributed by atoms with Gasteiger partial charge in [-0.05, 0) is 51.0 Å². The first-order valence-electron chi connectivity index (χ1n) is 13.3. The number of ether oxygens (including phenoxy) is 1. The minimum Gasteiger partial charge on any atom is -0.485 e. The van der Waals surface area contributed by atoms with E-state index in [1.54, 1.807) is 43.1 Å². The number of halogens is 3. The number of rotatable bonds is 5. The van der Waals surface area contributed by atoms with Gasteiger partial charge in [-0.1, -0.05) is 17.7 Å². The van der Waals surface area contributed by atoms with E-state index in [4.69, 9.17) is 24.1 Å². The van der Waals surface area contributed by atoms with E-state index in [1.165, 1.54) is 17.7 Å². The van der Waals surface area contributed by atoms with Crippen LogP contribution in [0.2, 0.25) is 5.02 Å². The first-order valence-corrected chi connectivity index (χ1v) is 12.7. The molecular weight excluding hydrogens is 540 g/mol. The molecule has 4 aromatic rings. The highest BCUT2D eigenvalue weighted by Gasteiger charge is 2.40. The molecule has 5 heterocycles. The second-order valence-corrected chi connectivity index (χ2v) is 10.3. The maximum Gasteiger partial charge on any atom is 0.277 e. The van der Waals surface area contributed by atoms with Crippen LogP contribution in [0.3, 0.4) is 0 Å². The summed E-state index contributed by atoms with van der Waals surface area (Å²) in [6, 6.07) is 5.56. The molecule has 1 amide bonds. The number of nitrogens with zero attached hydrogens (tertiary/aromatic N) is 5. The molecule has 0 unspecified atom stereocenters. The maximum atomic E-state index is 14.6. The molecule has 1 aliphatic rings. The topological polar surface area (TPSA) is 90.2 Å². The van der Waals surface area contributed by atoms with Crippen molar-refractivity contribution >= 4 is 17.5 Å². The predicted molar refractivity (Wildman–Crippen MR) is 145 cm³/mol. The molecular formula is C29H26ClF2N5O3. The van der Waals surface area contributed by atoms with Gasteiger partial charge in [0.15, 0.2) is 11.6 Å². The Morgan fingerprint density at radius 2 is 1.98 bits per heavy atom. The Bertz CT molecular complexity index is 1830. The quantitative estimate of drug-likeness (QED) is 0.320. The Hall–Kier alpha value is -4.18. The number of hydrogen-bond acceptors (Lipinski definition) is 6. The van der Waals surface area contributed by atoms with Crippen molar-refractivity contribution in [2.24, 2.45) is 0 Å². The van der Waals surface area contributed by atoms with Crippen LogP contribution in [0.4, 0.5) is 8.78 Å². The number of carbonyl (C=O) groups is 1. The van der Waals surface area contributed by atoms with Crippen molar-refractivity contribution in [3.63, 3.8) is 0 Å². The summed E-state index contributed by atoms with van der Waals surface area (Å²) < 4.78 is 52.2. The van der Waals surface area contributed by atoms with Crippen LogP contribution in [0.25, 0.3) is 16.9 Å². The van der Waals surface area contributed by atoms with E-state index < -0.39 is 45.8 Å². The summed E-state index contributed by atoms with van der Waals surface area (Å²) in [4.78, 5) is 40.2. The van der Waals surface area contributed by atoms with E-state index in [9.17, 15) is 18.4 Å². The first-order chi connectivity index (χ1) is 19.6. The molecule has 4 aromatic heterocycles. The van der Waals surface area contributed by atoms with Crippen molar-refractivity contribution < 1.29 is 21.1 Å². The first kappa shape index (κ1) is 24.8. The molecule has 0 aromatic carbocycles. The Labute approximate surface area is 237 Å². The van der Waals surface area contributed by atoms with Crippen molar-refractivity contribution in [2.45, 2.75) is 53.3 Å². The molecule has 0 spiro atoms. The van der Waals surface area contributed by atoms with Gasteiger partial charge in [-0.15, -0.1) is 0 Å². The van der Waals surface area contributed by atoms with E-state index in [-0.39, 0.29) is 17.2 Å². The third kappa shape index (κ3) is 4.52. The van der Waals surface area contributed by atoms with Gasteiger partial charge >= 0.3 is 0 Å². The average Bonchev–Trinajstić information content (AvgIpc) is 3.18. The fourth-order valence-electron chi connectivity index (χ4n) is 5.01. The van der Waals surface area contributed by atoms with Crippen LogP contribution in [0.5, 0.6) is 5.75 Å². The van der Waals surface area contributed by atoms with Gasteiger partial charge in [-0.2, -0.15) is 0 Å². The zero-order valence-electron chi connectivity index (χ0n) is 24.3. The summed E-state index contributed by atoms with van der Waals surface area (Å²) in [6.07, 6.45) is 3.75. The zero-order chi connectivity index (χ0) is 30.7. The predicted octanol–water partition coefficient (Wildman–Crippen LogP) is 5.41. The molecule has 0 saturated carbocycles. The van der Waals surface area contributed by atoms with Crippen molar-refractivity contribution in [2.75, 3.05) is 0 Å². The largest absolute Gasteiger partial charge is 0.485 e. The van der Waals surface area contributed by atoms with Gasteiger partial charge in [0.05, 0.1) is 37.1 Å².